The fourth-order valence-electron chi connectivity index (χ4n) is 3.53. The average Bonchev–Trinajstić information content (AvgIpc) is 2.97. The van der Waals surface area contributed by atoms with Crippen molar-refractivity contribution < 1.29 is 9.90 Å². The normalized spacial score (nSPS) is 21.1. The van der Waals surface area contributed by atoms with Gasteiger partial charge in [0.15, 0.2) is 0 Å². The van der Waals surface area contributed by atoms with Crippen molar-refractivity contribution in [1.82, 2.24) is 5.32 Å². The zero-order valence-corrected chi connectivity index (χ0v) is 13.5. The van der Waals surface area contributed by atoms with Crippen LogP contribution in [0.3, 0.4) is 0 Å². The molecule has 0 radical (unpaired) electrons. The lowest BCUT2D eigenvalue weighted by molar-refractivity contribution is -0.137. The van der Waals surface area contributed by atoms with Gasteiger partial charge in [-0.3, -0.25) is 4.79 Å². The minimum Gasteiger partial charge on any atom is -0.481 e. The highest BCUT2D eigenvalue weighted by molar-refractivity contribution is 5.66. The molecule has 1 aromatic rings. The van der Waals surface area contributed by atoms with Crippen molar-refractivity contribution >= 4 is 5.97 Å². The number of carboxylic acids is 1. The molecule has 2 atom stereocenters. The van der Waals surface area contributed by atoms with E-state index in [1.165, 1.54) is 44.1 Å². The van der Waals surface area contributed by atoms with Gasteiger partial charge >= 0.3 is 5.97 Å². The van der Waals surface area contributed by atoms with Gasteiger partial charge in [0, 0.05) is 19.0 Å². The third kappa shape index (κ3) is 6.18. The van der Waals surface area contributed by atoms with Crippen LogP contribution in [0.4, 0.5) is 0 Å². The molecule has 0 heterocycles. The van der Waals surface area contributed by atoms with Crippen LogP contribution in [0.1, 0.15) is 63.4 Å². The lowest BCUT2D eigenvalue weighted by Crippen LogP contribution is -2.31. The second kappa shape index (κ2) is 9.62. The quantitative estimate of drug-likeness (QED) is 0.631. The third-order valence-corrected chi connectivity index (χ3v) is 4.79. The first-order valence-electron chi connectivity index (χ1n) is 8.75. The molecule has 0 saturated heterocycles. The standard InChI is InChI=1S/C19H29NO2/c21-19(22)14-7-2-1-6-11-17-12-8-13-18(17)20-15-16-9-4-3-5-10-16/h3-5,9-10,17-18,20H,1-2,6-8,11-15H2,(H,21,22)/t17-,18-/m0/s1. The third-order valence-electron chi connectivity index (χ3n) is 4.79. The van der Waals surface area contributed by atoms with Gasteiger partial charge in [0.1, 0.15) is 0 Å². The van der Waals surface area contributed by atoms with Gasteiger partial charge in [0.05, 0.1) is 0 Å². The van der Waals surface area contributed by atoms with Crippen LogP contribution in [0.2, 0.25) is 0 Å². The molecule has 3 heteroatoms. The minimum atomic E-state index is -0.666. The molecular formula is C19H29NO2. The lowest BCUT2D eigenvalue weighted by atomic mass is 9.95. The van der Waals surface area contributed by atoms with Crippen LogP contribution in [-0.4, -0.2) is 17.1 Å². The summed E-state index contributed by atoms with van der Waals surface area (Å²) in [6, 6.07) is 11.3. The van der Waals surface area contributed by atoms with Gasteiger partial charge in [-0.15, -0.1) is 0 Å². The first kappa shape index (κ1) is 17.0. The average molecular weight is 303 g/mol. The molecule has 0 aliphatic heterocycles. The lowest BCUT2D eigenvalue weighted by Gasteiger charge is -2.21. The van der Waals surface area contributed by atoms with Crippen molar-refractivity contribution in [3.05, 3.63) is 35.9 Å². The van der Waals surface area contributed by atoms with E-state index in [1.54, 1.807) is 0 Å². The van der Waals surface area contributed by atoms with E-state index in [9.17, 15) is 4.79 Å². The SMILES string of the molecule is O=C(O)CCCCCC[C@H]1CCC[C@@H]1NCc1ccccc1. The van der Waals surface area contributed by atoms with Crippen molar-refractivity contribution in [2.24, 2.45) is 5.92 Å². The predicted molar refractivity (Wildman–Crippen MR) is 89.7 cm³/mol. The van der Waals surface area contributed by atoms with E-state index in [4.69, 9.17) is 5.11 Å². The van der Waals surface area contributed by atoms with E-state index in [-0.39, 0.29) is 0 Å². The molecule has 3 nitrogen and oxygen atoms in total. The van der Waals surface area contributed by atoms with Crippen molar-refractivity contribution in [2.45, 2.75) is 70.4 Å². The molecule has 122 valence electrons. The molecule has 1 aromatic carbocycles. The summed E-state index contributed by atoms with van der Waals surface area (Å²) >= 11 is 0. The van der Waals surface area contributed by atoms with Gasteiger partial charge in [-0.25, -0.2) is 0 Å². The Morgan fingerprint density at radius 2 is 1.86 bits per heavy atom. The van der Waals surface area contributed by atoms with Gasteiger partial charge in [0.2, 0.25) is 0 Å². The Morgan fingerprint density at radius 1 is 1.09 bits per heavy atom. The number of benzene rings is 1. The highest BCUT2D eigenvalue weighted by Crippen LogP contribution is 2.30. The predicted octanol–water partition coefficient (Wildman–Crippen LogP) is 4.37. The highest BCUT2D eigenvalue weighted by Gasteiger charge is 2.25. The Labute approximate surface area is 134 Å². The molecule has 22 heavy (non-hydrogen) atoms. The maximum Gasteiger partial charge on any atom is 0.303 e. The largest absolute Gasteiger partial charge is 0.481 e. The van der Waals surface area contributed by atoms with Gasteiger partial charge in [0.25, 0.3) is 0 Å². The van der Waals surface area contributed by atoms with E-state index in [0.29, 0.717) is 12.5 Å². The fourth-order valence-corrected chi connectivity index (χ4v) is 3.53. The molecular weight excluding hydrogens is 274 g/mol. The Morgan fingerprint density at radius 3 is 2.64 bits per heavy atom. The number of unbranched alkanes of at least 4 members (excludes halogenated alkanes) is 3. The monoisotopic (exact) mass is 303 g/mol. The first-order chi connectivity index (χ1) is 10.8. The number of aliphatic carboxylic acids is 1. The topological polar surface area (TPSA) is 49.3 Å². The summed E-state index contributed by atoms with van der Waals surface area (Å²) in [7, 11) is 0. The molecule has 2 rings (SSSR count). The van der Waals surface area contributed by atoms with Crippen molar-refractivity contribution in [2.75, 3.05) is 0 Å². The van der Waals surface area contributed by atoms with Gasteiger partial charge in [-0.1, -0.05) is 56.0 Å². The summed E-state index contributed by atoms with van der Waals surface area (Å²) in [6.45, 7) is 0.973. The van der Waals surface area contributed by atoms with Crippen LogP contribution in [-0.2, 0) is 11.3 Å². The number of hydrogen-bond acceptors (Lipinski definition) is 2. The van der Waals surface area contributed by atoms with Crippen molar-refractivity contribution in [1.29, 1.82) is 0 Å². The molecule has 0 bridgehead atoms. The van der Waals surface area contributed by atoms with E-state index in [2.05, 4.69) is 35.6 Å². The Bertz CT molecular complexity index is 432. The van der Waals surface area contributed by atoms with Crippen LogP contribution in [0.15, 0.2) is 30.3 Å². The van der Waals surface area contributed by atoms with E-state index in [0.717, 1.165) is 25.3 Å². The maximum absolute atomic E-state index is 10.5. The summed E-state index contributed by atoms with van der Waals surface area (Å²) in [6.07, 6.45) is 9.91. The summed E-state index contributed by atoms with van der Waals surface area (Å²) < 4.78 is 0. The van der Waals surface area contributed by atoms with Crippen LogP contribution < -0.4 is 5.32 Å². The van der Waals surface area contributed by atoms with Gasteiger partial charge in [-0.2, -0.15) is 0 Å². The smallest absolute Gasteiger partial charge is 0.303 e. The fraction of sp³-hybridized carbons (Fsp3) is 0.632. The van der Waals surface area contributed by atoms with Crippen LogP contribution in [0.25, 0.3) is 0 Å². The summed E-state index contributed by atoms with van der Waals surface area (Å²) in [5, 5.41) is 12.4. The van der Waals surface area contributed by atoms with Crippen molar-refractivity contribution in [3.63, 3.8) is 0 Å². The summed E-state index contributed by atoms with van der Waals surface area (Å²) in [5.74, 6) is 0.143. The minimum absolute atomic E-state index is 0.324. The number of hydrogen-bond donors (Lipinski definition) is 2. The molecule has 1 saturated carbocycles. The second-order valence-electron chi connectivity index (χ2n) is 6.51. The maximum atomic E-state index is 10.5. The van der Waals surface area contributed by atoms with Gasteiger partial charge in [-0.05, 0) is 37.2 Å². The zero-order valence-electron chi connectivity index (χ0n) is 13.5. The summed E-state index contributed by atoms with van der Waals surface area (Å²) in [5.41, 5.74) is 1.36. The van der Waals surface area contributed by atoms with Crippen LogP contribution in [0.5, 0.6) is 0 Å². The summed E-state index contributed by atoms with van der Waals surface area (Å²) in [4.78, 5) is 10.5. The molecule has 1 fully saturated rings. The van der Waals surface area contributed by atoms with E-state index >= 15 is 0 Å². The molecule has 0 unspecified atom stereocenters. The number of carbonyl (C=O) groups is 1. The van der Waals surface area contributed by atoms with Gasteiger partial charge < -0.3 is 10.4 Å². The Kier molecular flexibility index (Phi) is 7.44. The van der Waals surface area contributed by atoms with E-state index < -0.39 is 5.97 Å². The molecule has 1 aliphatic rings. The second-order valence-corrected chi connectivity index (χ2v) is 6.51. The highest BCUT2D eigenvalue weighted by atomic mass is 16.4. The molecule has 0 aromatic heterocycles. The molecule has 0 spiro atoms. The Balaban J connectivity index is 1.60. The Hall–Kier alpha value is -1.35. The van der Waals surface area contributed by atoms with E-state index in [1.807, 2.05) is 0 Å². The van der Waals surface area contributed by atoms with Crippen LogP contribution in [0, 0.1) is 5.92 Å². The molecule has 0 amide bonds. The first-order valence-corrected chi connectivity index (χ1v) is 8.75. The number of nitrogens with one attached hydrogen (secondary N) is 1. The number of rotatable bonds is 10. The zero-order chi connectivity index (χ0) is 15.6. The molecule has 2 N–H and O–H groups in total. The van der Waals surface area contributed by atoms with Crippen LogP contribution >= 0.6 is 0 Å². The van der Waals surface area contributed by atoms with Crippen molar-refractivity contribution in [3.8, 4) is 0 Å². The molecule has 1 aliphatic carbocycles. The number of carboxylic acid groups (broad SMARTS) is 1.